The van der Waals surface area contributed by atoms with Crippen LogP contribution in [0.1, 0.15) is 66.8 Å². The molecule has 0 radical (unpaired) electrons. The molecule has 0 atom stereocenters. The second-order valence-electron chi connectivity index (χ2n) is 35.3. The summed E-state index contributed by atoms with van der Waals surface area (Å²) < 4.78 is 13.0. The Hall–Kier alpha value is -18.4. The van der Waals surface area contributed by atoms with E-state index in [1.54, 1.807) is 14.2 Å². The number of allylic oxidation sites excluding steroid dienone is 2. The Kier molecular flexibility index (Phi) is 18.0. The number of nitrogens with zero attached hydrogens (tertiary/aromatic N) is 8. The number of methoxy groups -OCH3 is 2. The summed E-state index contributed by atoms with van der Waals surface area (Å²) >= 11 is 0. The summed E-state index contributed by atoms with van der Waals surface area (Å²) in [7, 11) is 3.28. The van der Waals surface area contributed by atoms with Crippen LogP contribution in [0.15, 0.2) is 435 Å². The van der Waals surface area contributed by atoms with E-state index in [0.29, 0.717) is 45.6 Å². The number of rotatable bonds is 16. The molecule has 136 heavy (non-hydrogen) atoms. The van der Waals surface area contributed by atoms with Crippen molar-refractivity contribution >= 4 is 101 Å². The third kappa shape index (κ3) is 12.0. The molecule has 4 heterocycles. The molecule has 12 nitrogen and oxygen atoms in total. The van der Waals surface area contributed by atoms with Crippen LogP contribution in [0.5, 0.6) is 11.5 Å². The Labute approximate surface area is 786 Å². The van der Waals surface area contributed by atoms with Gasteiger partial charge in [0.15, 0.2) is 11.6 Å². The van der Waals surface area contributed by atoms with Crippen LogP contribution in [-0.2, 0) is 10.8 Å². The van der Waals surface area contributed by atoms with Gasteiger partial charge in [-0.05, 0) is 266 Å². The summed E-state index contributed by atoms with van der Waals surface area (Å²) in [6.07, 6.45) is 3.74. The average Bonchev–Trinajstić information content (AvgIpc) is 1.51. The number of nitriles is 2. The first kappa shape index (κ1) is 78.7. The zero-order valence-corrected chi connectivity index (χ0v) is 73.8. The molecule has 20 aromatic rings. The number of hydrogen-bond donors (Lipinski definition) is 2. The lowest BCUT2D eigenvalue weighted by Gasteiger charge is -2.30. The zero-order valence-electron chi connectivity index (χ0n) is 73.8. The topological polar surface area (TPSA) is 147 Å². The predicted molar refractivity (Wildman–Crippen MR) is 551 cm³/mol. The van der Waals surface area contributed by atoms with Crippen molar-refractivity contribution in [3.05, 3.63) is 492 Å². The minimum absolute atomic E-state index is 0.151. The third-order valence-electron chi connectivity index (χ3n) is 28.5. The number of pyridine rings is 2. The summed E-state index contributed by atoms with van der Waals surface area (Å²) in [6, 6.07) is 151. The third-order valence-corrected chi connectivity index (χ3v) is 28.5. The van der Waals surface area contributed by atoms with Crippen molar-refractivity contribution in [3.63, 3.8) is 0 Å². The van der Waals surface area contributed by atoms with E-state index < -0.39 is 10.8 Å². The number of ether oxygens (including phenoxy) is 2. The van der Waals surface area contributed by atoms with Gasteiger partial charge in [-0.25, -0.2) is 20.0 Å². The summed E-state index contributed by atoms with van der Waals surface area (Å²) in [5.41, 5.74) is 37.5. The van der Waals surface area contributed by atoms with Gasteiger partial charge in [-0.3, -0.25) is 0 Å². The van der Waals surface area contributed by atoms with E-state index in [0.717, 1.165) is 123 Å². The van der Waals surface area contributed by atoms with Gasteiger partial charge < -0.3 is 29.9 Å². The molecule has 12 heteroatoms. The summed E-state index contributed by atoms with van der Waals surface area (Å²) in [5.74, 6) is 3.65. The Bertz CT molecular complexity index is 8000. The normalized spacial score (nSPS) is 14.0. The summed E-state index contributed by atoms with van der Waals surface area (Å²) in [6.45, 7) is 0. The highest BCUT2D eigenvalue weighted by molar-refractivity contribution is 6.27. The molecule has 0 saturated carbocycles. The molecule has 2 aromatic heterocycles. The van der Waals surface area contributed by atoms with Crippen molar-refractivity contribution in [2.45, 2.75) is 10.8 Å². The molecule has 2 spiro atoms. The first-order valence-electron chi connectivity index (χ1n) is 45.7. The van der Waals surface area contributed by atoms with Crippen LogP contribution >= 0.6 is 0 Å². The molecule has 6 aliphatic rings. The van der Waals surface area contributed by atoms with E-state index in [9.17, 15) is 10.5 Å². The van der Waals surface area contributed by atoms with Crippen molar-refractivity contribution < 1.29 is 9.47 Å². The summed E-state index contributed by atoms with van der Waals surface area (Å²) in [5, 5.41) is 34.9. The van der Waals surface area contributed by atoms with Crippen LogP contribution in [0, 0.1) is 22.7 Å². The molecular weight excluding hydrogens is 1660 g/mol. The van der Waals surface area contributed by atoms with E-state index in [4.69, 9.17) is 29.4 Å². The Morgan fingerprint density at radius 3 is 0.875 bits per heavy atom. The maximum absolute atomic E-state index is 11.6. The van der Waals surface area contributed by atoms with E-state index in [1.165, 1.54) is 89.0 Å². The highest BCUT2D eigenvalue weighted by Crippen LogP contribution is 2.66. The molecule has 2 aliphatic heterocycles. The van der Waals surface area contributed by atoms with Crippen LogP contribution in [0.25, 0.3) is 122 Å². The van der Waals surface area contributed by atoms with Crippen LogP contribution in [-0.4, -0.2) is 35.9 Å². The van der Waals surface area contributed by atoms with Crippen molar-refractivity contribution in [2.75, 3.05) is 34.7 Å². The molecule has 0 amide bonds. The first-order chi connectivity index (χ1) is 67.2. The average molecular weight is 1740 g/mol. The molecule has 4 aliphatic carbocycles. The van der Waals surface area contributed by atoms with Crippen LogP contribution in [0.3, 0.4) is 0 Å². The number of fused-ring (bicyclic) bond motifs is 20. The SMILES string of the molecule is COc1cc(/C(C#N)=C(\C#N)c2ccc(N(c3ccc(-c4ccc(/N=C5\Nc6cccc7cccc5c67)nc4)cc3)c3ccc(-c4ccc5c(c4)C4(c6ccccc6-c6ccccc64)c4ccccc4-5)cc3)c(OC)c2)ccc1N(c1ccc(-c2ccc(/N=C3\Nc4cccc5cccc3c45)nc2)cc1)c1ccc(-c2ccc3c(c2)C2(c4ccccc4-c4ccccc42)c2ccccc2-3)cc1. The van der Waals surface area contributed by atoms with Crippen LogP contribution in [0.4, 0.5) is 57.1 Å². The molecular formula is C124H78N10O2. The lowest BCUT2D eigenvalue weighted by Crippen LogP contribution is -2.25. The Morgan fingerprint density at radius 2 is 0.566 bits per heavy atom. The Morgan fingerprint density at radius 1 is 0.279 bits per heavy atom. The van der Waals surface area contributed by atoms with E-state index in [2.05, 4.69) is 397 Å². The molecule has 636 valence electrons. The smallest absolute Gasteiger partial charge is 0.154 e. The number of aromatic nitrogens is 2. The number of hydrogen-bond acceptors (Lipinski definition) is 10. The second-order valence-corrected chi connectivity index (χ2v) is 35.3. The van der Waals surface area contributed by atoms with Crippen LogP contribution < -0.4 is 29.9 Å². The van der Waals surface area contributed by atoms with E-state index in [1.807, 2.05) is 60.9 Å². The number of benzene rings is 18. The maximum atomic E-state index is 11.6. The van der Waals surface area contributed by atoms with Gasteiger partial charge in [-0.1, -0.05) is 291 Å². The Balaban J connectivity index is 0.552. The van der Waals surface area contributed by atoms with Gasteiger partial charge in [-0.2, -0.15) is 10.5 Å². The van der Waals surface area contributed by atoms with Gasteiger partial charge in [-0.15, -0.1) is 0 Å². The van der Waals surface area contributed by atoms with Crippen molar-refractivity contribution in [1.82, 2.24) is 9.97 Å². The van der Waals surface area contributed by atoms with Crippen molar-refractivity contribution in [3.8, 4) is 113 Å². The number of nitrogens with one attached hydrogen (secondary N) is 2. The first-order valence-corrected chi connectivity index (χ1v) is 45.7. The fourth-order valence-electron chi connectivity index (χ4n) is 22.5. The maximum Gasteiger partial charge on any atom is 0.154 e. The zero-order chi connectivity index (χ0) is 90.4. The number of anilines is 8. The van der Waals surface area contributed by atoms with Crippen LogP contribution in [0.2, 0.25) is 0 Å². The van der Waals surface area contributed by atoms with Crippen molar-refractivity contribution in [1.29, 1.82) is 10.5 Å². The lowest BCUT2D eigenvalue weighted by molar-refractivity contribution is 0.415. The lowest BCUT2D eigenvalue weighted by atomic mass is 9.70. The van der Waals surface area contributed by atoms with Gasteiger partial charge in [0.2, 0.25) is 0 Å². The van der Waals surface area contributed by atoms with Gasteiger partial charge >= 0.3 is 0 Å². The fraction of sp³-hybridized carbons (Fsp3) is 0.0323. The fourth-order valence-corrected chi connectivity index (χ4v) is 22.5. The van der Waals surface area contributed by atoms with Gasteiger partial charge in [0.25, 0.3) is 0 Å². The highest BCUT2D eigenvalue weighted by atomic mass is 16.5. The van der Waals surface area contributed by atoms with E-state index in [-0.39, 0.29) is 11.1 Å². The van der Waals surface area contributed by atoms with Crippen molar-refractivity contribution in [2.24, 2.45) is 9.98 Å². The minimum atomic E-state index is -0.503. The standard InChI is InChI=1S/C124H78N10O2/c1-135-115-69-83(49-63-113(115)133(89-57-43-77(44-58-89)85-51-65-117(127-73-85)131-121-99-29-15-19-79-21-17-37-111(129-121)119(79)99)87-53-39-75(40-54-87)81-47-61-97-95-27-7-13-35-107(95)123(109(97)67-81)103-31-9-3-23-91(103)92-24-4-10-32-104(92)123)101(71-125)102(72-126)84-50-64-114(116(70-84)136-2)134(90-59-45-78(46-60-90)86-52-66-118(128-74-86)132-122-100-30-16-20-80-22-18-38-112(130-122)120(80)100)88-55-41-76(42-56-88)82-48-62-98-96-28-8-14-36-108(96)124(110(98)68-82)105-33-11-5-25-93(105)94-26-6-12-34-106(94)124/h3-70,73-74H,1-2H3,(H,127,129,131)(H,128,130,132)/b102-101+. The van der Waals surface area contributed by atoms with Gasteiger partial charge in [0, 0.05) is 79.5 Å². The van der Waals surface area contributed by atoms with Gasteiger partial charge in [0.05, 0.1) is 47.6 Å². The quantitative estimate of drug-likeness (QED) is 0.0708. The number of aliphatic imine (C=N–C) groups is 2. The molecule has 18 aromatic carbocycles. The molecule has 2 N–H and O–H groups in total. The molecule has 0 bridgehead atoms. The minimum Gasteiger partial charge on any atom is -0.495 e. The summed E-state index contributed by atoms with van der Waals surface area (Å²) in [4.78, 5) is 24.1. The molecule has 0 fully saturated rings. The van der Waals surface area contributed by atoms with E-state index >= 15 is 0 Å². The molecule has 0 unspecified atom stereocenters. The largest absolute Gasteiger partial charge is 0.495 e. The molecule has 26 rings (SSSR count). The molecule has 0 saturated heterocycles. The number of amidine groups is 2. The monoisotopic (exact) mass is 1740 g/mol. The predicted octanol–water partition coefficient (Wildman–Crippen LogP) is 30.1. The highest BCUT2D eigenvalue weighted by Gasteiger charge is 2.53. The van der Waals surface area contributed by atoms with Gasteiger partial charge in [0.1, 0.15) is 35.3 Å². The second kappa shape index (κ2) is 31.2.